The number of hydrogen-bond acceptors (Lipinski definition) is 5. The molecule has 0 aromatic carbocycles. The Morgan fingerprint density at radius 1 is 1.00 bits per heavy atom. The fourth-order valence-corrected chi connectivity index (χ4v) is 1.46. The van der Waals surface area contributed by atoms with Crippen molar-refractivity contribution in [2.75, 3.05) is 20.3 Å². The Bertz CT molecular complexity index is 233. The number of carbonyl (C=O) groups excluding carboxylic acids is 1. The van der Waals surface area contributed by atoms with E-state index in [0.717, 1.165) is 19.3 Å². The van der Waals surface area contributed by atoms with Crippen molar-refractivity contribution in [3.63, 3.8) is 0 Å². The first-order chi connectivity index (χ1) is 9.22. The van der Waals surface area contributed by atoms with Gasteiger partial charge in [0.2, 0.25) is 0 Å². The summed E-state index contributed by atoms with van der Waals surface area (Å²) in [4.78, 5) is 11.2. The largest absolute Gasteiger partial charge is 1.00 e. The van der Waals surface area contributed by atoms with Crippen LogP contribution in [0.25, 0.3) is 0 Å². The second kappa shape index (κ2) is 24.3. The number of ether oxygens (including phenoxy) is 2. The molecule has 0 rings (SSSR count). The Hall–Kier alpha value is 0.250. The van der Waals surface area contributed by atoms with Crippen LogP contribution >= 0.6 is 0 Å². The molecule has 0 aliphatic carbocycles. The third kappa shape index (κ3) is 26.7. The summed E-state index contributed by atoms with van der Waals surface area (Å²) < 4.78 is 26.3. The van der Waals surface area contributed by atoms with Crippen molar-refractivity contribution >= 4 is 17.5 Å². The second-order valence-corrected chi connectivity index (χ2v) is 4.14. The fraction of sp³-hybridized carbons (Fsp3) is 0.846. The van der Waals surface area contributed by atoms with E-state index in [0.29, 0.717) is 19.6 Å². The van der Waals surface area contributed by atoms with Gasteiger partial charge in [0, 0.05) is 13.5 Å². The van der Waals surface area contributed by atoms with Crippen molar-refractivity contribution in [2.45, 2.75) is 51.4 Å². The fourth-order valence-electron chi connectivity index (χ4n) is 1.46. The summed E-state index contributed by atoms with van der Waals surface area (Å²) in [7, 11) is 1.60. The van der Waals surface area contributed by atoms with E-state index in [9.17, 15) is 4.79 Å². The van der Waals surface area contributed by atoms with Gasteiger partial charge in [-0.15, -0.1) is 0 Å². The molecule has 0 unspecified atom stereocenters. The quantitative estimate of drug-likeness (QED) is 0.222. The zero-order valence-corrected chi connectivity index (χ0v) is 15.5. The summed E-state index contributed by atoms with van der Waals surface area (Å²) in [6.45, 7) is 4.66. The van der Waals surface area contributed by atoms with Crippen LogP contribution in [0.5, 0.6) is 0 Å². The van der Waals surface area contributed by atoms with Gasteiger partial charge in [0.25, 0.3) is 0 Å². The molecular weight excluding hydrogens is 291 g/mol. The topological polar surface area (TPSA) is 69.7 Å². The molecule has 0 aromatic heterocycles. The standard InChI is InChI=1S/C13H25O3.Na.O2S/c1-3-4-5-6-7-8-9-10-13(14)16-12-11-15-2;;1-3-2/h1,3-12H2,2H3;;/q-1;+1;. The van der Waals surface area contributed by atoms with Crippen LogP contribution in [0.3, 0.4) is 0 Å². The van der Waals surface area contributed by atoms with Crippen molar-refractivity contribution in [2.24, 2.45) is 0 Å². The Balaban J connectivity index is -0.000000657. The smallest absolute Gasteiger partial charge is 0.463 e. The molecule has 0 aromatic rings. The summed E-state index contributed by atoms with van der Waals surface area (Å²) in [5.74, 6) is -0.102. The van der Waals surface area contributed by atoms with Crippen molar-refractivity contribution in [1.29, 1.82) is 0 Å². The molecule has 0 spiro atoms. The molecule has 0 aliphatic rings. The van der Waals surface area contributed by atoms with E-state index in [2.05, 4.69) is 6.92 Å². The van der Waals surface area contributed by atoms with E-state index >= 15 is 0 Å². The molecule has 0 heterocycles. The van der Waals surface area contributed by atoms with Crippen molar-refractivity contribution in [3.05, 3.63) is 6.92 Å². The third-order valence-electron chi connectivity index (χ3n) is 2.43. The molecule has 0 atom stereocenters. The summed E-state index contributed by atoms with van der Waals surface area (Å²) >= 11 is -0.750. The second-order valence-electron chi connectivity index (χ2n) is 4.01. The van der Waals surface area contributed by atoms with E-state index in [1.54, 1.807) is 7.11 Å². The first-order valence-electron chi connectivity index (χ1n) is 6.58. The maximum absolute atomic E-state index is 11.2. The molecule has 0 fully saturated rings. The van der Waals surface area contributed by atoms with Crippen LogP contribution in [0.4, 0.5) is 0 Å². The Morgan fingerprint density at radius 2 is 1.50 bits per heavy atom. The number of esters is 1. The maximum atomic E-state index is 11.2. The van der Waals surface area contributed by atoms with Gasteiger partial charge in [-0.2, -0.15) is 14.8 Å². The van der Waals surface area contributed by atoms with Gasteiger partial charge in [0.1, 0.15) is 6.61 Å². The number of hydrogen-bond donors (Lipinski definition) is 0. The molecule has 0 saturated heterocycles. The first kappa shape index (κ1) is 25.2. The predicted octanol–water partition coefficient (Wildman–Crippen LogP) is -0.535. The van der Waals surface area contributed by atoms with Crippen LogP contribution < -0.4 is 29.6 Å². The number of unbranched alkanes of at least 4 members (excludes halogenated alkanes) is 6. The molecule has 0 amide bonds. The Morgan fingerprint density at radius 3 is 2.00 bits per heavy atom. The third-order valence-corrected chi connectivity index (χ3v) is 2.43. The zero-order valence-electron chi connectivity index (χ0n) is 12.7. The average Bonchev–Trinajstić information content (AvgIpc) is 2.39. The first-order valence-corrected chi connectivity index (χ1v) is 7.25. The molecule has 0 aliphatic heterocycles. The van der Waals surface area contributed by atoms with Crippen LogP contribution in [0, 0.1) is 6.92 Å². The summed E-state index contributed by atoms with van der Waals surface area (Å²) in [5, 5.41) is 0. The maximum Gasteiger partial charge on any atom is 1.00 e. The average molecular weight is 316 g/mol. The minimum absolute atomic E-state index is 0. The minimum Gasteiger partial charge on any atom is -0.463 e. The minimum atomic E-state index is -0.750. The molecule has 0 saturated carbocycles. The van der Waals surface area contributed by atoms with Crippen LogP contribution in [0.2, 0.25) is 0 Å². The summed E-state index contributed by atoms with van der Waals surface area (Å²) in [6, 6.07) is 0. The van der Waals surface area contributed by atoms with Crippen LogP contribution in [0.1, 0.15) is 51.4 Å². The van der Waals surface area contributed by atoms with Crippen molar-refractivity contribution in [1.82, 2.24) is 0 Å². The zero-order chi connectivity index (χ0) is 14.8. The summed E-state index contributed by atoms with van der Waals surface area (Å²) in [5.41, 5.74) is 0. The van der Waals surface area contributed by atoms with Gasteiger partial charge in [0.15, 0.2) is 0 Å². The van der Waals surface area contributed by atoms with E-state index in [4.69, 9.17) is 17.9 Å². The Kier molecular flexibility index (Phi) is 30.6. The normalized spacial score (nSPS) is 8.90. The number of rotatable bonds is 11. The Labute approximate surface area is 148 Å². The van der Waals surface area contributed by atoms with Gasteiger partial charge < -0.3 is 16.4 Å². The molecule has 5 nitrogen and oxygen atoms in total. The van der Waals surface area contributed by atoms with Gasteiger partial charge in [-0.25, -0.2) is 0 Å². The monoisotopic (exact) mass is 316 g/mol. The molecule has 114 valence electrons. The van der Waals surface area contributed by atoms with Gasteiger partial charge >= 0.3 is 47.1 Å². The van der Waals surface area contributed by atoms with E-state index in [-0.39, 0.29) is 35.5 Å². The van der Waals surface area contributed by atoms with Gasteiger partial charge in [-0.05, 0) is 6.42 Å². The number of methoxy groups -OCH3 is 1. The summed E-state index contributed by atoms with van der Waals surface area (Å²) in [6.07, 6.45) is 8.60. The molecule has 20 heavy (non-hydrogen) atoms. The van der Waals surface area contributed by atoms with E-state index < -0.39 is 11.6 Å². The van der Waals surface area contributed by atoms with Crippen LogP contribution in [-0.4, -0.2) is 34.7 Å². The SMILES string of the molecule is O=S=O.[CH2-]CCCCCCCCC(=O)OCCOC.[Na+]. The molecule has 0 N–H and O–H groups in total. The van der Waals surface area contributed by atoms with Crippen molar-refractivity contribution in [3.8, 4) is 0 Å². The molecule has 0 bridgehead atoms. The van der Waals surface area contributed by atoms with Crippen LogP contribution in [0.15, 0.2) is 0 Å². The van der Waals surface area contributed by atoms with E-state index in [1.165, 1.54) is 25.7 Å². The molecular formula is C13H25NaO5S. The molecule has 7 heteroatoms. The predicted molar refractivity (Wildman–Crippen MR) is 74.0 cm³/mol. The van der Waals surface area contributed by atoms with Gasteiger partial charge in [0.05, 0.1) is 6.61 Å². The number of carbonyl (C=O) groups is 1. The van der Waals surface area contributed by atoms with Crippen molar-refractivity contribution < 1.29 is 52.2 Å². The van der Waals surface area contributed by atoms with E-state index in [1.807, 2.05) is 0 Å². The van der Waals surface area contributed by atoms with Crippen LogP contribution in [-0.2, 0) is 25.8 Å². The van der Waals surface area contributed by atoms with Gasteiger partial charge in [-0.1, -0.05) is 32.1 Å². The molecule has 0 radical (unpaired) electrons. The van der Waals surface area contributed by atoms with Gasteiger partial charge in [-0.3, -0.25) is 4.79 Å².